The van der Waals surface area contributed by atoms with E-state index in [9.17, 15) is 14.4 Å². The molecule has 1 aromatic carbocycles. The average molecular weight is 440 g/mol. The van der Waals surface area contributed by atoms with Crippen molar-refractivity contribution in [3.05, 3.63) is 42.2 Å². The van der Waals surface area contributed by atoms with Gasteiger partial charge in [-0.2, -0.15) is 0 Å². The summed E-state index contributed by atoms with van der Waals surface area (Å²) in [6, 6.07) is 6.82. The summed E-state index contributed by atoms with van der Waals surface area (Å²) in [4.78, 5) is 58.6. The van der Waals surface area contributed by atoms with Crippen LogP contribution >= 0.6 is 0 Å². The van der Waals surface area contributed by atoms with Crippen LogP contribution in [0.2, 0.25) is 0 Å². The Hall–Kier alpha value is -4.02. The highest BCUT2D eigenvalue weighted by molar-refractivity contribution is 6.07. The molecule has 2 saturated heterocycles. The van der Waals surface area contributed by atoms with Crippen LogP contribution in [0.25, 0.3) is 11.3 Å². The second kappa shape index (κ2) is 9.00. The zero-order chi connectivity index (χ0) is 23.5. The van der Waals surface area contributed by atoms with Crippen molar-refractivity contribution in [3.8, 4) is 11.3 Å². The molecule has 0 atom stereocenters. The number of benzene rings is 1. The number of piperidine rings is 1. The predicted octanol–water partition coefficient (Wildman–Crippen LogP) is 0.925. The van der Waals surface area contributed by atoms with Gasteiger partial charge in [0.25, 0.3) is 18.3 Å². The number of aromatic nitrogens is 2. The highest BCUT2D eigenvalue weighted by Crippen LogP contribution is 2.35. The van der Waals surface area contributed by atoms with Gasteiger partial charge in [0.1, 0.15) is 11.4 Å². The Morgan fingerprint density at radius 1 is 1.12 bits per heavy atom. The number of imide groups is 1. The van der Waals surface area contributed by atoms with Crippen molar-refractivity contribution < 1.29 is 24.3 Å². The van der Waals surface area contributed by atoms with Crippen molar-refractivity contribution in [2.75, 3.05) is 32.9 Å². The summed E-state index contributed by atoms with van der Waals surface area (Å²) in [5.41, 5.74) is 6.85. The first-order valence-electron chi connectivity index (χ1n) is 9.86. The van der Waals surface area contributed by atoms with Crippen LogP contribution < -0.4 is 5.73 Å². The molecule has 0 saturated carbocycles. The van der Waals surface area contributed by atoms with E-state index in [1.165, 1.54) is 18.1 Å². The number of rotatable bonds is 2. The summed E-state index contributed by atoms with van der Waals surface area (Å²) < 4.78 is 0. The maximum absolute atomic E-state index is 12.9. The number of carbonyl (C=O) groups is 4. The number of nitrogens with two attached hydrogens (primary N) is 1. The summed E-state index contributed by atoms with van der Waals surface area (Å²) in [6.07, 6.45) is 3.95. The molecule has 11 nitrogen and oxygen atoms in total. The molecule has 0 radical (unpaired) electrons. The normalized spacial score (nSPS) is 17.2. The number of likely N-dealkylation sites (tertiary alicyclic amines) is 1. The Morgan fingerprint density at radius 2 is 1.72 bits per heavy atom. The first-order chi connectivity index (χ1) is 15.2. The fourth-order valence-corrected chi connectivity index (χ4v) is 4.07. The van der Waals surface area contributed by atoms with Crippen LogP contribution in [0.15, 0.2) is 36.7 Å². The van der Waals surface area contributed by atoms with Crippen molar-refractivity contribution in [3.63, 3.8) is 0 Å². The van der Waals surface area contributed by atoms with Gasteiger partial charge in [0.05, 0.1) is 18.1 Å². The fraction of sp³-hybridized carbons (Fsp3) is 0.333. The minimum Gasteiger partial charge on any atom is -0.483 e. The van der Waals surface area contributed by atoms with E-state index in [4.69, 9.17) is 15.6 Å². The molecule has 0 bridgehead atoms. The molecule has 168 valence electrons. The molecule has 4 amide bonds. The quantitative estimate of drug-likeness (QED) is 0.517. The molecular formula is C21H24N6O5. The van der Waals surface area contributed by atoms with Crippen molar-refractivity contribution >= 4 is 30.1 Å². The Kier molecular flexibility index (Phi) is 6.37. The molecule has 1 aromatic heterocycles. The first-order valence-corrected chi connectivity index (χ1v) is 9.86. The molecular weight excluding hydrogens is 416 g/mol. The fourth-order valence-electron chi connectivity index (χ4n) is 4.07. The highest BCUT2D eigenvalue weighted by atomic mass is 16.3. The summed E-state index contributed by atoms with van der Waals surface area (Å²) >= 11 is 0. The molecule has 2 fully saturated rings. The van der Waals surface area contributed by atoms with Crippen LogP contribution in [-0.2, 0) is 9.59 Å². The lowest BCUT2D eigenvalue weighted by Gasteiger charge is -2.40. The molecule has 2 aromatic rings. The van der Waals surface area contributed by atoms with E-state index < -0.39 is 5.54 Å². The van der Waals surface area contributed by atoms with Gasteiger partial charge in [0.2, 0.25) is 0 Å². The van der Waals surface area contributed by atoms with Crippen LogP contribution in [-0.4, -0.2) is 86.8 Å². The standard InChI is InChI=1S/C20H22N6O3.CH2O2/c1-24-18(28)20(25(2)19(24)29)7-9-26(10-8-20)17(27)14-5-3-13(4-6-14)15-11-22-12-16(21)23-15;2-1-3/h3-6,11-12H,7-10H2,1-2H3,(H2,21,23);1H,(H,2,3). The highest BCUT2D eigenvalue weighted by Gasteiger charge is 2.55. The average Bonchev–Trinajstić information content (AvgIpc) is 2.96. The Bertz CT molecular complexity index is 1030. The van der Waals surface area contributed by atoms with Gasteiger partial charge < -0.3 is 20.6 Å². The molecule has 0 aliphatic carbocycles. The molecule has 11 heteroatoms. The predicted molar refractivity (Wildman–Crippen MR) is 114 cm³/mol. The first kappa shape index (κ1) is 22.7. The lowest BCUT2D eigenvalue weighted by Crippen LogP contribution is -2.56. The van der Waals surface area contributed by atoms with Crippen LogP contribution in [0.5, 0.6) is 0 Å². The van der Waals surface area contributed by atoms with Gasteiger partial charge in [-0.05, 0) is 25.0 Å². The van der Waals surface area contributed by atoms with Gasteiger partial charge in [-0.3, -0.25) is 24.3 Å². The number of hydrogen-bond acceptors (Lipinski definition) is 7. The van der Waals surface area contributed by atoms with E-state index in [0.717, 1.165) is 10.5 Å². The molecule has 2 aliphatic heterocycles. The summed E-state index contributed by atoms with van der Waals surface area (Å²) in [6.45, 7) is 0.580. The number of amides is 4. The summed E-state index contributed by atoms with van der Waals surface area (Å²) in [5, 5.41) is 6.89. The van der Waals surface area contributed by atoms with Gasteiger partial charge in [-0.1, -0.05) is 12.1 Å². The molecule has 3 heterocycles. The van der Waals surface area contributed by atoms with Crippen LogP contribution in [0, 0.1) is 0 Å². The Balaban J connectivity index is 0.000000913. The second-order valence-electron chi connectivity index (χ2n) is 7.54. The van der Waals surface area contributed by atoms with E-state index in [2.05, 4.69) is 9.97 Å². The number of hydrogen-bond donors (Lipinski definition) is 2. The van der Waals surface area contributed by atoms with E-state index in [0.29, 0.717) is 43.0 Å². The minimum atomic E-state index is -0.835. The van der Waals surface area contributed by atoms with Gasteiger partial charge in [-0.15, -0.1) is 0 Å². The zero-order valence-electron chi connectivity index (χ0n) is 17.8. The second-order valence-corrected chi connectivity index (χ2v) is 7.54. The van der Waals surface area contributed by atoms with Gasteiger partial charge in [0.15, 0.2) is 0 Å². The number of likely N-dealkylation sites (N-methyl/N-ethyl adjacent to an activating group) is 2. The van der Waals surface area contributed by atoms with Crippen molar-refractivity contribution in [1.82, 2.24) is 24.7 Å². The van der Waals surface area contributed by atoms with Crippen molar-refractivity contribution in [1.29, 1.82) is 0 Å². The topological polar surface area (TPSA) is 150 Å². The van der Waals surface area contributed by atoms with E-state index >= 15 is 0 Å². The molecule has 4 rings (SSSR count). The van der Waals surface area contributed by atoms with Crippen molar-refractivity contribution in [2.45, 2.75) is 18.4 Å². The maximum Gasteiger partial charge on any atom is 0.327 e. The lowest BCUT2D eigenvalue weighted by atomic mass is 9.86. The number of carbonyl (C=O) groups excluding carboxylic acids is 3. The molecule has 3 N–H and O–H groups in total. The number of nitrogens with zero attached hydrogens (tertiary/aromatic N) is 5. The Labute approximate surface area is 184 Å². The summed E-state index contributed by atoms with van der Waals surface area (Å²) in [7, 11) is 3.15. The third kappa shape index (κ3) is 3.96. The molecule has 1 spiro atoms. The molecule has 2 aliphatic rings. The largest absolute Gasteiger partial charge is 0.483 e. The van der Waals surface area contributed by atoms with Crippen LogP contribution in [0.4, 0.5) is 10.6 Å². The van der Waals surface area contributed by atoms with Gasteiger partial charge in [0, 0.05) is 38.3 Å². The minimum absolute atomic E-state index is 0.0992. The number of nitrogen functional groups attached to an aromatic ring is 1. The monoisotopic (exact) mass is 440 g/mol. The molecule has 32 heavy (non-hydrogen) atoms. The molecule has 0 unspecified atom stereocenters. The van der Waals surface area contributed by atoms with Crippen LogP contribution in [0.1, 0.15) is 23.2 Å². The smallest absolute Gasteiger partial charge is 0.327 e. The van der Waals surface area contributed by atoms with Gasteiger partial charge >= 0.3 is 6.03 Å². The SMILES string of the molecule is CN1C(=O)N(C)C2(CCN(C(=O)c3ccc(-c4cncc(N)n4)cc3)CC2)C1=O.O=CO. The number of carboxylic acid groups (broad SMARTS) is 1. The third-order valence-electron chi connectivity index (χ3n) is 5.88. The lowest BCUT2D eigenvalue weighted by molar-refractivity contribution is -0.134. The van der Waals surface area contributed by atoms with E-state index in [1.54, 1.807) is 30.3 Å². The van der Waals surface area contributed by atoms with E-state index in [-0.39, 0.29) is 24.3 Å². The van der Waals surface area contributed by atoms with Crippen LogP contribution in [0.3, 0.4) is 0 Å². The summed E-state index contributed by atoms with van der Waals surface area (Å²) in [5.74, 6) is 0.0444. The van der Waals surface area contributed by atoms with Gasteiger partial charge in [-0.25, -0.2) is 9.78 Å². The maximum atomic E-state index is 12.9. The third-order valence-corrected chi connectivity index (χ3v) is 5.88. The Morgan fingerprint density at radius 3 is 2.22 bits per heavy atom. The number of urea groups is 1. The number of anilines is 1. The van der Waals surface area contributed by atoms with E-state index in [1.807, 2.05) is 12.1 Å². The zero-order valence-corrected chi connectivity index (χ0v) is 17.8. The van der Waals surface area contributed by atoms with Crippen molar-refractivity contribution in [2.24, 2.45) is 0 Å².